The van der Waals surface area contributed by atoms with E-state index in [9.17, 15) is 0 Å². The SMILES string of the molecule is c1ccc(C2(c3ccccc3)c3cc(-c4cc5ccccc5c5ccccc45)ccc3-c3c2c2ccccc2c2ccccc32)cc1. The van der Waals surface area contributed by atoms with Crippen molar-refractivity contribution in [1.29, 1.82) is 0 Å². The molecule has 47 heavy (non-hydrogen) atoms. The molecule has 218 valence electrons. The van der Waals surface area contributed by atoms with Gasteiger partial charge in [-0.2, -0.15) is 0 Å². The van der Waals surface area contributed by atoms with E-state index in [4.69, 9.17) is 0 Å². The highest BCUT2D eigenvalue weighted by molar-refractivity contribution is 6.19. The van der Waals surface area contributed by atoms with Crippen LogP contribution in [0.2, 0.25) is 0 Å². The Labute approximate surface area is 274 Å². The van der Waals surface area contributed by atoms with Gasteiger partial charge in [0.05, 0.1) is 5.41 Å². The Morgan fingerprint density at radius 2 is 0.809 bits per heavy atom. The second kappa shape index (κ2) is 10.0. The van der Waals surface area contributed by atoms with Crippen molar-refractivity contribution in [2.45, 2.75) is 5.41 Å². The van der Waals surface area contributed by atoms with Crippen LogP contribution in [0.25, 0.3) is 65.3 Å². The topological polar surface area (TPSA) is 0 Å². The van der Waals surface area contributed by atoms with E-state index in [1.165, 1.54) is 87.6 Å². The van der Waals surface area contributed by atoms with Crippen molar-refractivity contribution < 1.29 is 0 Å². The van der Waals surface area contributed by atoms with Crippen molar-refractivity contribution in [3.05, 3.63) is 204 Å². The summed E-state index contributed by atoms with van der Waals surface area (Å²) in [7, 11) is 0. The summed E-state index contributed by atoms with van der Waals surface area (Å²) in [6.07, 6.45) is 0. The third kappa shape index (κ3) is 3.59. The molecule has 0 aliphatic heterocycles. The minimum absolute atomic E-state index is 0.514. The Hall–Kier alpha value is -5.98. The molecule has 0 atom stereocenters. The van der Waals surface area contributed by atoms with E-state index in [0.717, 1.165) is 0 Å². The first-order chi connectivity index (χ1) is 23.3. The van der Waals surface area contributed by atoms with Crippen LogP contribution in [0.5, 0.6) is 0 Å². The summed E-state index contributed by atoms with van der Waals surface area (Å²) in [6.45, 7) is 0. The van der Waals surface area contributed by atoms with Gasteiger partial charge in [0.15, 0.2) is 0 Å². The first-order valence-corrected chi connectivity index (χ1v) is 16.4. The zero-order valence-corrected chi connectivity index (χ0v) is 25.8. The minimum atomic E-state index is -0.514. The summed E-state index contributed by atoms with van der Waals surface area (Å²) in [5.41, 5.74) is 9.92. The Kier molecular flexibility index (Phi) is 5.59. The van der Waals surface area contributed by atoms with Gasteiger partial charge < -0.3 is 0 Å². The summed E-state index contributed by atoms with van der Waals surface area (Å²) < 4.78 is 0. The average molecular weight is 595 g/mol. The smallest absolute Gasteiger partial charge is 0.0622 e. The largest absolute Gasteiger partial charge is 0.0720 e. The van der Waals surface area contributed by atoms with Gasteiger partial charge in [0, 0.05) is 0 Å². The van der Waals surface area contributed by atoms with Crippen LogP contribution in [-0.2, 0) is 5.41 Å². The van der Waals surface area contributed by atoms with E-state index in [2.05, 4.69) is 182 Å². The summed E-state index contributed by atoms with van der Waals surface area (Å²) >= 11 is 0. The molecule has 9 aromatic rings. The molecule has 0 spiro atoms. The van der Waals surface area contributed by atoms with Gasteiger partial charge in [-0.05, 0) is 99.7 Å². The maximum atomic E-state index is 2.51. The molecule has 0 bridgehead atoms. The second-order valence-corrected chi connectivity index (χ2v) is 12.8. The molecule has 10 rings (SSSR count). The molecule has 1 aliphatic rings. The predicted octanol–water partition coefficient (Wildman–Crippen LogP) is 12.3. The van der Waals surface area contributed by atoms with Crippen LogP contribution in [0.3, 0.4) is 0 Å². The Morgan fingerprint density at radius 1 is 0.319 bits per heavy atom. The highest BCUT2D eigenvalue weighted by atomic mass is 14.5. The monoisotopic (exact) mass is 594 g/mol. The van der Waals surface area contributed by atoms with E-state index in [0.29, 0.717) is 0 Å². The first-order valence-electron chi connectivity index (χ1n) is 16.4. The van der Waals surface area contributed by atoms with Crippen molar-refractivity contribution in [1.82, 2.24) is 0 Å². The van der Waals surface area contributed by atoms with Gasteiger partial charge in [-0.3, -0.25) is 0 Å². The van der Waals surface area contributed by atoms with Crippen LogP contribution in [0, 0.1) is 0 Å². The number of fused-ring (bicyclic) bond motifs is 11. The Morgan fingerprint density at radius 3 is 1.47 bits per heavy atom. The fourth-order valence-electron chi connectivity index (χ4n) is 8.62. The summed E-state index contributed by atoms with van der Waals surface area (Å²) in [6, 6.07) is 67.7. The van der Waals surface area contributed by atoms with Gasteiger partial charge in [-0.15, -0.1) is 0 Å². The third-order valence-corrected chi connectivity index (χ3v) is 10.5. The molecular formula is C47H30. The van der Waals surface area contributed by atoms with E-state index in [-0.39, 0.29) is 0 Å². The Bertz CT molecular complexity index is 2620. The molecule has 0 fully saturated rings. The zero-order chi connectivity index (χ0) is 31.0. The minimum Gasteiger partial charge on any atom is -0.0622 e. The number of hydrogen-bond acceptors (Lipinski definition) is 0. The molecule has 1 aliphatic carbocycles. The van der Waals surface area contributed by atoms with Gasteiger partial charge in [0.2, 0.25) is 0 Å². The standard InChI is InChI=1S/C47H30/c1-3-16-33(17-4-1)47(34-18-5-2-6-19-34)44-30-32(43-29-31-15-7-8-20-35(31)36-21-9-10-24-39(36)43)27-28-42(44)45-40-25-13-11-22-37(40)38-23-12-14-26-41(38)46(45)47/h1-30H. The lowest BCUT2D eigenvalue weighted by atomic mass is 9.66. The fraction of sp³-hybridized carbons (Fsp3) is 0.0213. The highest BCUT2D eigenvalue weighted by Crippen LogP contribution is 2.60. The fourth-order valence-corrected chi connectivity index (χ4v) is 8.62. The summed E-state index contributed by atoms with van der Waals surface area (Å²) in [4.78, 5) is 0. The molecule has 0 aromatic heterocycles. The lowest BCUT2D eigenvalue weighted by Crippen LogP contribution is -2.29. The van der Waals surface area contributed by atoms with E-state index >= 15 is 0 Å². The second-order valence-electron chi connectivity index (χ2n) is 12.8. The van der Waals surface area contributed by atoms with E-state index in [1.807, 2.05) is 0 Å². The Balaban J connectivity index is 1.41. The van der Waals surface area contributed by atoms with Gasteiger partial charge in [0.1, 0.15) is 0 Å². The van der Waals surface area contributed by atoms with Crippen LogP contribution in [0.4, 0.5) is 0 Å². The molecule has 0 radical (unpaired) electrons. The van der Waals surface area contributed by atoms with Crippen molar-refractivity contribution in [3.63, 3.8) is 0 Å². The maximum absolute atomic E-state index is 2.51. The normalized spacial score (nSPS) is 13.3. The number of rotatable bonds is 3. The van der Waals surface area contributed by atoms with Crippen molar-refractivity contribution >= 4 is 43.1 Å². The van der Waals surface area contributed by atoms with Crippen LogP contribution in [-0.4, -0.2) is 0 Å². The van der Waals surface area contributed by atoms with Crippen LogP contribution >= 0.6 is 0 Å². The van der Waals surface area contributed by atoms with Gasteiger partial charge in [-0.1, -0.05) is 170 Å². The number of hydrogen-bond donors (Lipinski definition) is 0. The average Bonchev–Trinajstić information content (AvgIpc) is 3.47. The molecule has 0 heteroatoms. The molecule has 9 aromatic carbocycles. The summed E-state index contributed by atoms with van der Waals surface area (Å²) in [5.74, 6) is 0. The van der Waals surface area contributed by atoms with Gasteiger partial charge >= 0.3 is 0 Å². The van der Waals surface area contributed by atoms with E-state index in [1.54, 1.807) is 0 Å². The maximum Gasteiger partial charge on any atom is 0.0720 e. The highest BCUT2D eigenvalue weighted by Gasteiger charge is 2.48. The van der Waals surface area contributed by atoms with Gasteiger partial charge in [0.25, 0.3) is 0 Å². The quantitative estimate of drug-likeness (QED) is 0.179. The molecule has 0 amide bonds. The van der Waals surface area contributed by atoms with Crippen LogP contribution < -0.4 is 0 Å². The third-order valence-electron chi connectivity index (χ3n) is 10.5. The van der Waals surface area contributed by atoms with Crippen molar-refractivity contribution in [2.24, 2.45) is 0 Å². The van der Waals surface area contributed by atoms with Crippen LogP contribution in [0.1, 0.15) is 22.3 Å². The van der Waals surface area contributed by atoms with Crippen LogP contribution in [0.15, 0.2) is 182 Å². The lowest BCUT2D eigenvalue weighted by Gasteiger charge is -2.35. The zero-order valence-electron chi connectivity index (χ0n) is 25.8. The molecule has 0 unspecified atom stereocenters. The lowest BCUT2D eigenvalue weighted by molar-refractivity contribution is 0.776. The van der Waals surface area contributed by atoms with Crippen molar-refractivity contribution in [3.8, 4) is 22.3 Å². The first kappa shape index (κ1) is 26.3. The molecule has 0 saturated carbocycles. The predicted molar refractivity (Wildman–Crippen MR) is 199 cm³/mol. The van der Waals surface area contributed by atoms with E-state index < -0.39 is 5.41 Å². The van der Waals surface area contributed by atoms with Crippen molar-refractivity contribution in [2.75, 3.05) is 0 Å². The molecule has 0 nitrogen and oxygen atoms in total. The summed E-state index contributed by atoms with van der Waals surface area (Å²) in [5, 5.41) is 10.3. The molecule has 0 heterocycles. The number of benzene rings is 9. The van der Waals surface area contributed by atoms with Gasteiger partial charge in [-0.25, -0.2) is 0 Å². The molecule has 0 saturated heterocycles. The molecular weight excluding hydrogens is 565 g/mol. The molecule has 0 N–H and O–H groups in total.